The maximum atomic E-state index is 11.7. The second-order valence-electron chi connectivity index (χ2n) is 4.21. The van der Waals surface area contributed by atoms with Gasteiger partial charge in [-0.05, 0) is 35.6 Å². The highest BCUT2D eigenvalue weighted by Crippen LogP contribution is 2.13. The zero-order valence-corrected chi connectivity index (χ0v) is 11.7. The van der Waals surface area contributed by atoms with Gasteiger partial charge in [-0.3, -0.25) is 4.79 Å². The smallest absolute Gasteiger partial charge is 0.220 e. The van der Waals surface area contributed by atoms with Crippen molar-refractivity contribution in [3.05, 3.63) is 52.2 Å². The molecular formula is C15H17NO2S. The first-order chi connectivity index (χ1) is 9.28. The van der Waals surface area contributed by atoms with E-state index in [0.717, 1.165) is 17.7 Å². The maximum absolute atomic E-state index is 11.7. The van der Waals surface area contributed by atoms with Crippen LogP contribution in [-0.4, -0.2) is 13.0 Å². The Morgan fingerprint density at radius 3 is 2.95 bits per heavy atom. The normalized spacial score (nSPS) is 10.2. The molecule has 2 aromatic rings. The average Bonchev–Trinajstić information content (AvgIpc) is 2.96. The van der Waals surface area contributed by atoms with Gasteiger partial charge in [0.15, 0.2) is 0 Å². The van der Waals surface area contributed by atoms with Crippen LogP contribution in [0.25, 0.3) is 0 Å². The second-order valence-corrected chi connectivity index (χ2v) is 5.24. The number of thiophene rings is 1. The van der Waals surface area contributed by atoms with Crippen molar-refractivity contribution in [2.75, 3.05) is 7.11 Å². The van der Waals surface area contributed by atoms with E-state index in [2.05, 4.69) is 11.4 Å². The molecule has 1 aromatic carbocycles. The summed E-state index contributed by atoms with van der Waals surface area (Å²) in [6.07, 6.45) is 1.34. The van der Waals surface area contributed by atoms with Crippen LogP contribution in [0.15, 0.2) is 41.8 Å². The molecule has 0 aliphatic rings. The molecule has 0 atom stereocenters. The topological polar surface area (TPSA) is 38.3 Å². The molecule has 0 aliphatic heterocycles. The quantitative estimate of drug-likeness (QED) is 0.880. The van der Waals surface area contributed by atoms with Crippen LogP contribution in [0.4, 0.5) is 0 Å². The first kappa shape index (κ1) is 13.6. The summed E-state index contributed by atoms with van der Waals surface area (Å²) in [7, 11) is 1.64. The lowest BCUT2D eigenvalue weighted by Gasteiger charge is -2.06. The summed E-state index contributed by atoms with van der Waals surface area (Å²) < 4.78 is 5.15. The van der Waals surface area contributed by atoms with Crippen molar-refractivity contribution in [3.63, 3.8) is 0 Å². The fourth-order valence-corrected chi connectivity index (χ4v) is 2.47. The highest BCUT2D eigenvalue weighted by atomic mass is 32.1. The van der Waals surface area contributed by atoms with Crippen LogP contribution < -0.4 is 10.1 Å². The van der Waals surface area contributed by atoms with Crippen molar-refractivity contribution in [1.29, 1.82) is 0 Å². The van der Waals surface area contributed by atoms with Gasteiger partial charge in [0.2, 0.25) is 5.91 Å². The van der Waals surface area contributed by atoms with E-state index >= 15 is 0 Å². The van der Waals surface area contributed by atoms with Crippen LogP contribution in [0.2, 0.25) is 0 Å². The van der Waals surface area contributed by atoms with Gasteiger partial charge in [-0.15, -0.1) is 11.3 Å². The highest BCUT2D eigenvalue weighted by molar-refractivity contribution is 7.09. The van der Waals surface area contributed by atoms with E-state index in [1.807, 2.05) is 35.7 Å². The van der Waals surface area contributed by atoms with E-state index in [0.29, 0.717) is 13.0 Å². The van der Waals surface area contributed by atoms with Gasteiger partial charge in [0.1, 0.15) is 5.75 Å². The predicted octanol–water partition coefficient (Wildman–Crippen LogP) is 3.01. The molecule has 1 N–H and O–H groups in total. The number of benzene rings is 1. The van der Waals surface area contributed by atoms with Crippen LogP contribution in [-0.2, 0) is 17.8 Å². The van der Waals surface area contributed by atoms with E-state index in [4.69, 9.17) is 4.74 Å². The van der Waals surface area contributed by atoms with Crippen LogP contribution in [0.1, 0.15) is 16.9 Å². The lowest BCUT2D eigenvalue weighted by Crippen LogP contribution is -2.22. The molecule has 1 heterocycles. The molecule has 1 amide bonds. The molecule has 3 nitrogen and oxygen atoms in total. The minimum Gasteiger partial charge on any atom is -0.497 e. The van der Waals surface area contributed by atoms with E-state index in [-0.39, 0.29) is 5.91 Å². The van der Waals surface area contributed by atoms with Crippen molar-refractivity contribution >= 4 is 17.2 Å². The third-order valence-corrected chi connectivity index (χ3v) is 3.74. The SMILES string of the molecule is COc1cccc(CNC(=O)CCc2cccs2)c1. The number of carbonyl (C=O) groups excluding carboxylic acids is 1. The third kappa shape index (κ3) is 4.41. The fraction of sp³-hybridized carbons (Fsp3) is 0.267. The molecule has 0 saturated carbocycles. The van der Waals surface area contributed by atoms with Gasteiger partial charge in [0.05, 0.1) is 7.11 Å². The lowest BCUT2D eigenvalue weighted by molar-refractivity contribution is -0.121. The third-order valence-electron chi connectivity index (χ3n) is 2.80. The van der Waals surface area contributed by atoms with E-state index in [9.17, 15) is 4.79 Å². The van der Waals surface area contributed by atoms with Crippen molar-refractivity contribution in [2.24, 2.45) is 0 Å². The second kappa shape index (κ2) is 6.95. The zero-order valence-electron chi connectivity index (χ0n) is 10.9. The summed E-state index contributed by atoms with van der Waals surface area (Å²) in [4.78, 5) is 13.0. The first-order valence-corrected chi connectivity index (χ1v) is 7.08. The molecule has 0 fully saturated rings. The molecule has 2 rings (SSSR count). The highest BCUT2D eigenvalue weighted by Gasteiger charge is 2.03. The van der Waals surface area contributed by atoms with Crippen molar-refractivity contribution in [3.8, 4) is 5.75 Å². The standard InChI is InChI=1S/C15H17NO2S/c1-18-13-5-2-4-12(10-13)11-16-15(17)8-7-14-6-3-9-19-14/h2-6,9-10H,7-8,11H2,1H3,(H,16,17). The van der Waals surface area contributed by atoms with Crippen LogP contribution in [0.5, 0.6) is 5.75 Å². The predicted molar refractivity (Wildman–Crippen MR) is 77.5 cm³/mol. The van der Waals surface area contributed by atoms with Gasteiger partial charge in [0, 0.05) is 17.8 Å². The first-order valence-electron chi connectivity index (χ1n) is 6.20. The average molecular weight is 275 g/mol. The van der Waals surface area contributed by atoms with Crippen LogP contribution in [0.3, 0.4) is 0 Å². The molecule has 19 heavy (non-hydrogen) atoms. The molecule has 0 unspecified atom stereocenters. The summed E-state index contributed by atoms with van der Waals surface area (Å²) in [6, 6.07) is 11.8. The van der Waals surface area contributed by atoms with Crippen molar-refractivity contribution < 1.29 is 9.53 Å². The number of ether oxygens (including phenoxy) is 1. The van der Waals surface area contributed by atoms with E-state index in [1.54, 1.807) is 18.4 Å². The van der Waals surface area contributed by atoms with Crippen molar-refractivity contribution in [1.82, 2.24) is 5.32 Å². The van der Waals surface area contributed by atoms with Crippen LogP contribution in [0, 0.1) is 0 Å². The zero-order chi connectivity index (χ0) is 13.5. The van der Waals surface area contributed by atoms with Gasteiger partial charge in [-0.25, -0.2) is 0 Å². The Morgan fingerprint density at radius 1 is 1.32 bits per heavy atom. The maximum Gasteiger partial charge on any atom is 0.220 e. The molecule has 4 heteroatoms. The van der Waals surface area contributed by atoms with Gasteiger partial charge < -0.3 is 10.1 Å². The number of nitrogens with one attached hydrogen (secondary N) is 1. The molecular weight excluding hydrogens is 258 g/mol. The number of hydrogen-bond donors (Lipinski definition) is 1. The number of amides is 1. The molecule has 0 spiro atoms. The summed E-state index contributed by atoms with van der Waals surface area (Å²) in [6.45, 7) is 0.542. The molecule has 0 bridgehead atoms. The molecule has 0 saturated heterocycles. The largest absolute Gasteiger partial charge is 0.497 e. The number of aryl methyl sites for hydroxylation is 1. The van der Waals surface area contributed by atoms with E-state index < -0.39 is 0 Å². The Bertz CT molecular complexity index is 523. The summed E-state index contributed by atoms with van der Waals surface area (Å²) >= 11 is 1.69. The number of rotatable bonds is 6. The Hall–Kier alpha value is -1.81. The van der Waals surface area contributed by atoms with Crippen molar-refractivity contribution in [2.45, 2.75) is 19.4 Å². The molecule has 0 aliphatic carbocycles. The van der Waals surface area contributed by atoms with E-state index in [1.165, 1.54) is 4.88 Å². The number of hydrogen-bond acceptors (Lipinski definition) is 3. The molecule has 100 valence electrons. The Morgan fingerprint density at radius 2 is 2.21 bits per heavy atom. The van der Waals surface area contributed by atoms with Gasteiger partial charge in [-0.1, -0.05) is 18.2 Å². The van der Waals surface area contributed by atoms with Gasteiger partial charge in [-0.2, -0.15) is 0 Å². The number of methoxy groups -OCH3 is 1. The lowest BCUT2D eigenvalue weighted by atomic mass is 10.2. The summed E-state index contributed by atoms with van der Waals surface area (Å²) in [5.74, 6) is 0.890. The van der Waals surface area contributed by atoms with Gasteiger partial charge in [0.25, 0.3) is 0 Å². The molecule has 1 aromatic heterocycles. The fourth-order valence-electron chi connectivity index (χ4n) is 1.76. The summed E-state index contributed by atoms with van der Waals surface area (Å²) in [5.41, 5.74) is 1.05. The minimum absolute atomic E-state index is 0.0798. The minimum atomic E-state index is 0.0798. The Kier molecular flexibility index (Phi) is 4.98. The summed E-state index contributed by atoms with van der Waals surface area (Å²) in [5, 5.41) is 4.95. The Labute approximate surface area is 117 Å². The van der Waals surface area contributed by atoms with Gasteiger partial charge >= 0.3 is 0 Å². The van der Waals surface area contributed by atoms with Crippen LogP contribution >= 0.6 is 11.3 Å². The Balaban J connectivity index is 1.76. The number of carbonyl (C=O) groups is 1. The monoisotopic (exact) mass is 275 g/mol. The molecule has 0 radical (unpaired) electrons.